The van der Waals surface area contributed by atoms with Crippen molar-refractivity contribution in [3.05, 3.63) is 97.2 Å². The number of phosphoric ester groups is 1. The standard InChI is InChI=1S/C65H115N2O7P/c1-7-10-13-16-19-22-25-28-29-30-31-32-33-34-35-36-37-40-43-46-49-52-55-58-65(69)74-63(56-53-50-47-44-41-38-26-23-20-17-14-11-8-2)62(61-73-75(70,71)72-60-59-67(4,5)6)66-64(68)57-54-51-48-45-42-39-27-24-21-18-15-12-9-3/h10,13,19,22,28-29,31-32,34-35,39,42,48,51,53,56,62-63H,7-9,11-12,14-18,20-21,23-27,30,33,36-38,40-41,43-47,49-50,52,54-55,57-61H2,1-6H3,(H-,66,68,70,71)/p+1/b13-10-,22-19-,29-28-,32-31-,35-34-,42-39-,51-48+,56-53-. The van der Waals surface area contributed by atoms with Crippen LogP contribution in [0.3, 0.4) is 0 Å². The van der Waals surface area contributed by atoms with Crippen molar-refractivity contribution in [1.82, 2.24) is 5.32 Å². The molecule has 0 heterocycles. The van der Waals surface area contributed by atoms with Gasteiger partial charge < -0.3 is 19.4 Å². The molecule has 75 heavy (non-hydrogen) atoms. The number of carbonyl (C=O) groups is 2. The van der Waals surface area contributed by atoms with Crippen molar-refractivity contribution in [2.75, 3.05) is 40.9 Å². The largest absolute Gasteiger partial charge is 0.472 e. The maximum Gasteiger partial charge on any atom is 0.472 e. The highest BCUT2D eigenvalue weighted by atomic mass is 31.2. The molecule has 0 saturated heterocycles. The predicted octanol–water partition coefficient (Wildman–Crippen LogP) is 18.8. The number of phosphoric acid groups is 1. The number of hydrogen-bond acceptors (Lipinski definition) is 6. The van der Waals surface area contributed by atoms with Gasteiger partial charge in [-0.15, -0.1) is 0 Å². The minimum atomic E-state index is -4.47. The number of nitrogens with one attached hydrogen (secondary N) is 1. The van der Waals surface area contributed by atoms with Crippen LogP contribution in [0.25, 0.3) is 0 Å². The average Bonchev–Trinajstić information content (AvgIpc) is 3.37. The second-order valence-electron chi connectivity index (χ2n) is 21.5. The number of ether oxygens (including phenoxy) is 1. The van der Waals surface area contributed by atoms with Crippen LogP contribution in [0.1, 0.15) is 252 Å². The zero-order chi connectivity index (χ0) is 55.0. The van der Waals surface area contributed by atoms with Crippen molar-refractivity contribution >= 4 is 19.7 Å². The highest BCUT2D eigenvalue weighted by Gasteiger charge is 2.30. The summed E-state index contributed by atoms with van der Waals surface area (Å²) in [5, 5.41) is 3.01. The molecule has 0 spiro atoms. The maximum atomic E-state index is 13.5. The molecule has 0 aliphatic rings. The molecule has 0 aliphatic heterocycles. The Hall–Kier alpha value is -3.07. The molecule has 1 amide bonds. The van der Waals surface area contributed by atoms with E-state index < -0.39 is 20.0 Å². The van der Waals surface area contributed by atoms with Crippen molar-refractivity contribution in [3.63, 3.8) is 0 Å². The van der Waals surface area contributed by atoms with Gasteiger partial charge in [-0.3, -0.25) is 18.6 Å². The minimum absolute atomic E-state index is 0.0251. The molecule has 0 aliphatic carbocycles. The number of esters is 1. The highest BCUT2D eigenvalue weighted by Crippen LogP contribution is 2.43. The van der Waals surface area contributed by atoms with Crippen LogP contribution < -0.4 is 5.32 Å². The summed E-state index contributed by atoms with van der Waals surface area (Å²) in [4.78, 5) is 37.6. The first kappa shape index (κ1) is 71.9. The molecule has 0 rings (SSSR count). The zero-order valence-corrected chi connectivity index (χ0v) is 50.2. The van der Waals surface area contributed by atoms with Crippen LogP contribution in [0.4, 0.5) is 0 Å². The summed E-state index contributed by atoms with van der Waals surface area (Å²) in [6, 6.07) is -0.888. The quantitative estimate of drug-likeness (QED) is 0.0205. The van der Waals surface area contributed by atoms with Gasteiger partial charge in [-0.25, -0.2) is 4.57 Å². The van der Waals surface area contributed by atoms with E-state index in [4.69, 9.17) is 13.8 Å². The summed E-state index contributed by atoms with van der Waals surface area (Å²) in [6.07, 6.45) is 72.8. The zero-order valence-electron chi connectivity index (χ0n) is 49.3. The Morgan fingerprint density at radius 3 is 1.31 bits per heavy atom. The van der Waals surface area contributed by atoms with Crippen LogP contribution in [0.15, 0.2) is 97.2 Å². The lowest BCUT2D eigenvalue weighted by molar-refractivity contribution is -0.870. The third-order valence-electron chi connectivity index (χ3n) is 13.0. The molecule has 3 atom stereocenters. The van der Waals surface area contributed by atoms with E-state index in [-0.39, 0.29) is 37.9 Å². The summed E-state index contributed by atoms with van der Waals surface area (Å²) < 4.78 is 30.6. The molecule has 0 radical (unpaired) electrons. The van der Waals surface area contributed by atoms with Gasteiger partial charge in [-0.1, -0.05) is 240 Å². The van der Waals surface area contributed by atoms with E-state index in [1.807, 2.05) is 39.4 Å². The Balaban J connectivity index is 5.32. The van der Waals surface area contributed by atoms with Crippen LogP contribution in [0.5, 0.6) is 0 Å². The number of quaternary nitrogens is 1. The molecular formula is C65H116N2O7P+. The van der Waals surface area contributed by atoms with Gasteiger partial charge in [0.15, 0.2) is 0 Å². The fourth-order valence-electron chi connectivity index (χ4n) is 8.31. The lowest BCUT2D eigenvalue weighted by Crippen LogP contribution is -2.47. The van der Waals surface area contributed by atoms with Crippen LogP contribution in [0, 0.1) is 0 Å². The molecule has 3 unspecified atom stereocenters. The molecular weight excluding hydrogens is 952 g/mol. The first-order valence-corrected chi connectivity index (χ1v) is 32.1. The Morgan fingerprint density at radius 1 is 0.480 bits per heavy atom. The number of hydrogen-bond donors (Lipinski definition) is 2. The lowest BCUT2D eigenvalue weighted by atomic mass is 10.0. The van der Waals surface area contributed by atoms with E-state index >= 15 is 0 Å². The summed E-state index contributed by atoms with van der Waals surface area (Å²) >= 11 is 0. The fraction of sp³-hybridized carbons (Fsp3) is 0.723. The minimum Gasteiger partial charge on any atom is -0.456 e. The Labute approximate surface area is 462 Å². The summed E-state index contributed by atoms with van der Waals surface area (Å²) in [5.74, 6) is -0.599. The predicted molar refractivity (Wildman–Crippen MR) is 323 cm³/mol. The van der Waals surface area contributed by atoms with Gasteiger partial charge in [0.1, 0.15) is 19.3 Å². The molecule has 0 fully saturated rings. The van der Waals surface area contributed by atoms with Crippen molar-refractivity contribution in [1.29, 1.82) is 0 Å². The van der Waals surface area contributed by atoms with Crippen LogP contribution in [0.2, 0.25) is 0 Å². The topological polar surface area (TPSA) is 111 Å². The molecule has 2 N–H and O–H groups in total. The maximum absolute atomic E-state index is 13.5. The van der Waals surface area contributed by atoms with Gasteiger partial charge in [-0.2, -0.15) is 0 Å². The molecule has 0 aromatic carbocycles. The van der Waals surface area contributed by atoms with E-state index in [0.29, 0.717) is 23.9 Å². The summed E-state index contributed by atoms with van der Waals surface area (Å²) in [5.41, 5.74) is 0. The Morgan fingerprint density at radius 2 is 0.867 bits per heavy atom. The first-order chi connectivity index (χ1) is 36.4. The third kappa shape index (κ3) is 55.5. The number of likely N-dealkylation sites (N-methyl/N-ethyl adjacent to an activating group) is 1. The average molecular weight is 1070 g/mol. The monoisotopic (exact) mass is 1070 g/mol. The molecule has 0 saturated carbocycles. The first-order valence-electron chi connectivity index (χ1n) is 30.6. The molecule has 0 bridgehead atoms. The van der Waals surface area contributed by atoms with Gasteiger partial charge in [0.05, 0.1) is 33.8 Å². The van der Waals surface area contributed by atoms with Gasteiger partial charge in [0.2, 0.25) is 5.91 Å². The van der Waals surface area contributed by atoms with Crippen molar-refractivity contribution in [2.24, 2.45) is 0 Å². The van der Waals surface area contributed by atoms with Gasteiger partial charge in [0.25, 0.3) is 0 Å². The third-order valence-corrected chi connectivity index (χ3v) is 14.0. The van der Waals surface area contributed by atoms with Crippen molar-refractivity contribution < 1.29 is 37.3 Å². The second kappa shape index (κ2) is 54.3. The smallest absolute Gasteiger partial charge is 0.456 e. The number of nitrogens with zero attached hydrogens (tertiary/aromatic N) is 1. The van der Waals surface area contributed by atoms with Gasteiger partial charge in [-0.05, 0) is 96.0 Å². The van der Waals surface area contributed by atoms with E-state index in [0.717, 1.165) is 89.9 Å². The SMILES string of the molecule is CC/C=C\C/C=C\C/C=C\C/C=C\C/C=C\CCCCCCCCCC(=O)OC(/C=C\CCCCCCCCCCCCC)C(COP(=O)(O)OCC[N+](C)(C)C)NC(=O)CC/C=C/C/C=C\CCCCCCCC. The Kier molecular flexibility index (Phi) is 52.1. The van der Waals surface area contributed by atoms with Gasteiger partial charge >= 0.3 is 13.8 Å². The normalized spacial score (nSPS) is 14.4. The van der Waals surface area contributed by atoms with Gasteiger partial charge in [0, 0.05) is 12.8 Å². The number of allylic oxidation sites excluding steroid dienone is 15. The number of amides is 1. The van der Waals surface area contributed by atoms with E-state index in [2.05, 4.69) is 105 Å². The van der Waals surface area contributed by atoms with E-state index in [1.165, 1.54) is 116 Å². The van der Waals surface area contributed by atoms with Crippen molar-refractivity contribution in [3.8, 4) is 0 Å². The van der Waals surface area contributed by atoms with E-state index in [1.54, 1.807) is 0 Å². The summed E-state index contributed by atoms with van der Waals surface area (Å²) in [6.45, 7) is 6.83. The van der Waals surface area contributed by atoms with Crippen molar-refractivity contribution in [2.45, 2.75) is 264 Å². The van der Waals surface area contributed by atoms with Crippen LogP contribution in [-0.2, 0) is 27.9 Å². The number of carbonyl (C=O) groups excluding carboxylic acids is 2. The molecule has 0 aromatic heterocycles. The summed E-state index contributed by atoms with van der Waals surface area (Å²) in [7, 11) is 1.45. The fourth-order valence-corrected chi connectivity index (χ4v) is 9.05. The molecule has 0 aromatic rings. The highest BCUT2D eigenvalue weighted by molar-refractivity contribution is 7.47. The molecule has 10 heteroatoms. The van der Waals surface area contributed by atoms with Crippen LogP contribution >= 0.6 is 7.82 Å². The van der Waals surface area contributed by atoms with Crippen LogP contribution in [-0.4, -0.2) is 74.3 Å². The number of unbranched alkanes of at least 4 members (excludes halogenated alkanes) is 24. The Bertz CT molecular complexity index is 1610. The van der Waals surface area contributed by atoms with E-state index in [9.17, 15) is 19.0 Å². The number of rotatable bonds is 54. The molecule has 432 valence electrons. The lowest BCUT2D eigenvalue weighted by Gasteiger charge is -2.27. The molecule has 9 nitrogen and oxygen atoms in total. The second-order valence-corrected chi connectivity index (χ2v) is 22.9.